The van der Waals surface area contributed by atoms with E-state index in [1.54, 1.807) is 0 Å². The number of nitrogens with two attached hydrogens (primary N) is 1. The van der Waals surface area contributed by atoms with Crippen LogP contribution < -0.4 is 15.8 Å². The van der Waals surface area contributed by atoms with Crippen molar-refractivity contribution in [1.29, 1.82) is 0 Å². The van der Waals surface area contributed by atoms with Gasteiger partial charge >= 0.3 is 0 Å². The standard InChI is InChI=1S/C14H19N5O/c1-9-5-4-6-12(11(9)3)20-7-10(2)18-14-17-8-16-13(15)19-14/h4-6,8,10H,7H2,1-3H3,(H3,15,16,17,18,19). The van der Waals surface area contributed by atoms with Crippen LogP contribution in [0.2, 0.25) is 0 Å². The van der Waals surface area contributed by atoms with E-state index in [0.717, 1.165) is 11.3 Å². The monoisotopic (exact) mass is 273 g/mol. The summed E-state index contributed by atoms with van der Waals surface area (Å²) in [6, 6.07) is 6.08. The molecule has 0 saturated heterocycles. The highest BCUT2D eigenvalue weighted by Crippen LogP contribution is 2.20. The molecular formula is C14H19N5O. The Morgan fingerprint density at radius 3 is 2.85 bits per heavy atom. The lowest BCUT2D eigenvalue weighted by Crippen LogP contribution is -2.25. The van der Waals surface area contributed by atoms with Crippen molar-refractivity contribution in [2.45, 2.75) is 26.8 Å². The molecule has 0 aliphatic rings. The van der Waals surface area contributed by atoms with Gasteiger partial charge in [0.25, 0.3) is 0 Å². The molecule has 1 aromatic heterocycles. The van der Waals surface area contributed by atoms with Gasteiger partial charge in [0.15, 0.2) is 0 Å². The number of hydrogen-bond acceptors (Lipinski definition) is 6. The Bertz CT molecular complexity index is 588. The lowest BCUT2D eigenvalue weighted by molar-refractivity contribution is 0.301. The number of hydrogen-bond donors (Lipinski definition) is 2. The zero-order valence-electron chi connectivity index (χ0n) is 11.9. The van der Waals surface area contributed by atoms with Crippen LogP contribution in [0.15, 0.2) is 24.5 Å². The summed E-state index contributed by atoms with van der Waals surface area (Å²) in [5, 5.41) is 3.12. The van der Waals surface area contributed by atoms with E-state index >= 15 is 0 Å². The van der Waals surface area contributed by atoms with Crippen molar-refractivity contribution < 1.29 is 4.74 Å². The fourth-order valence-corrected chi connectivity index (χ4v) is 1.74. The predicted octanol–water partition coefficient (Wildman–Crippen LogP) is 1.95. The third-order valence-electron chi connectivity index (χ3n) is 3.01. The van der Waals surface area contributed by atoms with Crippen LogP contribution in [0, 0.1) is 13.8 Å². The van der Waals surface area contributed by atoms with E-state index in [1.165, 1.54) is 11.9 Å². The van der Waals surface area contributed by atoms with E-state index in [0.29, 0.717) is 12.6 Å². The molecule has 0 aliphatic carbocycles. The third-order valence-corrected chi connectivity index (χ3v) is 3.01. The Kier molecular flexibility index (Phi) is 4.34. The summed E-state index contributed by atoms with van der Waals surface area (Å²) in [6.07, 6.45) is 1.38. The Labute approximate surface area is 118 Å². The predicted molar refractivity (Wildman–Crippen MR) is 78.7 cm³/mol. The number of ether oxygens (including phenoxy) is 1. The highest BCUT2D eigenvalue weighted by molar-refractivity contribution is 5.38. The maximum Gasteiger partial charge on any atom is 0.227 e. The number of rotatable bonds is 5. The number of aryl methyl sites for hydroxylation is 1. The van der Waals surface area contributed by atoms with E-state index in [9.17, 15) is 0 Å². The van der Waals surface area contributed by atoms with Gasteiger partial charge in [0.05, 0.1) is 6.04 Å². The molecule has 20 heavy (non-hydrogen) atoms. The molecule has 106 valence electrons. The lowest BCUT2D eigenvalue weighted by Gasteiger charge is -2.16. The van der Waals surface area contributed by atoms with Gasteiger partial charge in [-0.1, -0.05) is 12.1 Å². The maximum atomic E-state index is 5.82. The maximum absolute atomic E-state index is 5.82. The first-order chi connectivity index (χ1) is 9.56. The third kappa shape index (κ3) is 3.57. The van der Waals surface area contributed by atoms with Gasteiger partial charge in [-0.3, -0.25) is 0 Å². The minimum Gasteiger partial charge on any atom is -0.491 e. The molecule has 0 aliphatic heterocycles. The molecule has 6 heteroatoms. The fraction of sp³-hybridized carbons (Fsp3) is 0.357. The smallest absolute Gasteiger partial charge is 0.227 e. The van der Waals surface area contributed by atoms with Crippen LogP contribution in [0.25, 0.3) is 0 Å². The second-order valence-electron chi connectivity index (χ2n) is 4.72. The van der Waals surface area contributed by atoms with Crippen molar-refractivity contribution in [1.82, 2.24) is 15.0 Å². The molecule has 0 saturated carbocycles. The molecule has 0 bridgehead atoms. The molecule has 1 unspecified atom stereocenters. The average molecular weight is 273 g/mol. The number of nitrogens with zero attached hydrogens (tertiary/aromatic N) is 3. The zero-order valence-corrected chi connectivity index (χ0v) is 11.9. The number of nitrogens with one attached hydrogen (secondary N) is 1. The topological polar surface area (TPSA) is 86.0 Å². The van der Waals surface area contributed by atoms with Gasteiger partial charge in [-0.15, -0.1) is 0 Å². The van der Waals surface area contributed by atoms with Gasteiger partial charge in [-0.2, -0.15) is 4.98 Å². The first-order valence-electron chi connectivity index (χ1n) is 6.46. The Morgan fingerprint density at radius 1 is 1.30 bits per heavy atom. The van der Waals surface area contributed by atoms with E-state index in [-0.39, 0.29) is 12.0 Å². The van der Waals surface area contributed by atoms with Gasteiger partial charge in [-0.05, 0) is 38.0 Å². The van der Waals surface area contributed by atoms with Crippen molar-refractivity contribution in [3.63, 3.8) is 0 Å². The van der Waals surface area contributed by atoms with Crippen molar-refractivity contribution in [3.05, 3.63) is 35.7 Å². The SMILES string of the molecule is Cc1cccc(OCC(C)Nc2ncnc(N)n2)c1C. The lowest BCUT2D eigenvalue weighted by atomic mass is 10.1. The second-order valence-corrected chi connectivity index (χ2v) is 4.72. The normalized spacial score (nSPS) is 11.9. The molecule has 0 spiro atoms. The molecule has 2 rings (SSSR count). The first kappa shape index (κ1) is 14.0. The summed E-state index contributed by atoms with van der Waals surface area (Å²) in [5.41, 5.74) is 7.88. The minimum absolute atomic E-state index is 0.0525. The molecule has 0 fully saturated rings. The number of aromatic nitrogens is 3. The van der Waals surface area contributed by atoms with Gasteiger partial charge in [0.1, 0.15) is 18.7 Å². The molecule has 6 nitrogen and oxygen atoms in total. The summed E-state index contributed by atoms with van der Waals surface area (Å²) < 4.78 is 5.82. The largest absolute Gasteiger partial charge is 0.491 e. The molecule has 1 aromatic carbocycles. The van der Waals surface area contributed by atoms with Crippen LogP contribution in [0.4, 0.5) is 11.9 Å². The number of anilines is 2. The van der Waals surface area contributed by atoms with Crippen LogP contribution in [0.1, 0.15) is 18.1 Å². The molecule has 3 N–H and O–H groups in total. The van der Waals surface area contributed by atoms with Gasteiger partial charge in [0.2, 0.25) is 11.9 Å². The van der Waals surface area contributed by atoms with Crippen molar-refractivity contribution >= 4 is 11.9 Å². The summed E-state index contributed by atoms with van der Waals surface area (Å²) >= 11 is 0. The summed E-state index contributed by atoms with van der Waals surface area (Å²) in [5.74, 6) is 1.55. The average Bonchev–Trinajstić information content (AvgIpc) is 2.40. The van der Waals surface area contributed by atoms with E-state index in [4.69, 9.17) is 10.5 Å². The quantitative estimate of drug-likeness (QED) is 0.866. The van der Waals surface area contributed by atoms with E-state index in [1.807, 2.05) is 19.1 Å². The van der Waals surface area contributed by atoms with Gasteiger partial charge < -0.3 is 15.8 Å². The van der Waals surface area contributed by atoms with Crippen LogP contribution in [0.3, 0.4) is 0 Å². The first-order valence-corrected chi connectivity index (χ1v) is 6.46. The zero-order chi connectivity index (χ0) is 14.5. The van der Waals surface area contributed by atoms with Gasteiger partial charge in [-0.25, -0.2) is 9.97 Å². The van der Waals surface area contributed by atoms with E-state index < -0.39 is 0 Å². The number of benzene rings is 1. The minimum atomic E-state index is 0.0525. The molecule has 1 atom stereocenters. The van der Waals surface area contributed by atoms with Crippen molar-refractivity contribution in [2.75, 3.05) is 17.7 Å². The molecule has 2 aromatic rings. The summed E-state index contributed by atoms with van der Waals surface area (Å²) in [4.78, 5) is 11.7. The van der Waals surface area contributed by atoms with Crippen LogP contribution in [-0.2, 0) is 0 Å². The Balaban J connectivity index is 1.92. The molecule has 1 heterocycles. The van der Waals surface area contributed by atoms with Crippen molar-refractivity contribution in [3.8, 4) is 5.75 Å². The Morgan fingerprint density at radius 2 is 2.10 bits per heavy atom. The summed E-state index contributed by atoms with van der Waals surface area (Å²) in [6.45, 7) is 6.62. The van der Waals surface area contributed by atoms with Crippen molar-refractivity contribution in [2.24, 2.45) is 0 Å². The van der Waals surface area contributed by atoms with E-state index in [2.05, 4.69) is 40.2 Å². The molecule has 0 radical (unpaired) electrons. The van der Waals surface area contributed by atoms with Crippen LogP contribution >= 0.6 is 0 Å². The molecule has 0 amide bonds. The summed E-state index contributed by atoms with van der Waals surface area (Å²) in [7, 11) is 0. The fourth-order valence-electron chi connectivity index (χ4n) is 1.74. The van der Waals surface area contributed by atoms with Crippen LogP contribution in [-0.4, -0.2) is 27.6 Å². The highest BCUT2D eigenvalue weighted by atomic mass is 16.5. The highest BCUT2D eigenvalue weighted by Gasteiger charge is 2.07. The number of nitrogen functional groups attached to an aromatic ring is 1. The van der Waals surface area contributed by atoms with Crippen LogP contribution in [0.5, 0.6) is 5.75 Å². The molecular weight excluding hydrogens is 254 g/mol. The second kappa shape index (κ2) is 6.18. The Hall–Kier alpha value is -2.37. The van der Waals surface area contributed by atoms with Gasteiger partial charge in [0, 0.05) is 0 Å².